The molecule has 1 rings (SSSR count). The minimum atomic E-state index is 0.139. The van der Waals surface area contributed by atoms with Crippen molar-refractivity contribution < 1.29 is 15.3 Å². The van der Waals surface area contributed by atoms with Gasteiger partial charge in [-0.25, -0.2) is 5.90 Å². The van der Waals surface area contributed by atoms with Crippen LogP contribution in [0.2, 0.25) is 0 Å². The van der Waals surface area contributed by atoms with E-state index in [9.17, 15) is 5.21 Å². The van der Waals surface area contributed by atoms with Gasteiger partial charge in [-0.15, -0.1) is 0 Å². The van der Waals surface area contributed by atoms with Crippen LogP contribution < -0.4 is 5.90 Å². The Kier molecular flexibility index (Phi) is 5.24. The Bertz CT molecular complexity index is 237. The summed E-state index contributed by atoms with van der Waals surface area (Å²) in [6.07, 6.45) is 0. The molecule has 0 heterocycles. The maximum absolute atomic E-state index is 10.5. The van der Waals surface area contributed by atoms with E-state index in [4.69, 9.17) is 10.4 Å². The van der Waals surface area contributed by atoms with Gasteiger partial charge in [0.1, 0.15) is 0 Å². The van der Waals surface area contributed by atoms with E-state index in [1.54, 1.807) is 30.3 Å². The summed E-state index contributed by atoms with van der Waals surface area (Å²) in [5.74, 6) is 3.50. The number of nitrogens with two attached hydrogens (primary N) is 1. The molecular weight excluding hydrogens is 162 g/mol. The fourth-order valence-electron chi connectivity index (χ4n) is 0.607. The highest BCUT2D eigenvalue weighted by Crippen LogP contribution is 2.08. The van der Waals surface area contributed by atoms with E-state index in [1.165, 1.54) is 0 Å². The number of nitrogens with zero attached hydrogens (tertiary/aromatic N) is 2. The van der Waals surface area contributed by atoms with Gasteiger partial charge in [0.15, 0.2) is 0 Å². The van der Waals surface area contributed by atoms with Crippen molar-refractivity contribution in [2.75, 3.05) is 0 Å². The van der Waals surface area contributed by atoms with Gasteiger partial charge in [0.25, 0.3) is 0 Å². The zero-order chi connectivity index (χ0) is 9.40. The van der Waals surface area contributed by atoms with Crippen LogP contribution in [0.1, 0.15) is 0 Å². The van der Waals surface area contributed by atoms with Gasteiger partial charge < -0.3 is 15.6 Å². The molecule has 0 saturated carbocycles. The quantitative estimate of drug-likeness (QED) is 0.333. The average Bonchev–Trinajstić information content (AvgIpc) is 2.21. The Morgan fingerprint density at radius 3 is 2.17 bits per heavy atom. The van der Waals surface area contributed by atoms with Crippen LogP contribution in [0.5, 0.6) is 0 Å². The Morgan fingerprint density at radius 2 is 1.75 bits per heavy atom. The highest BCUT2D eigenvalue weighted by molar-refractivity contribution is 5.27. The van der Waals surface area contributed by atoms with Crippen LogP contribution in [0, 0.1) is 5.21 Å². The largest absolute Gasteiger partial charge is 0.592 e. The van der Waals surface area contributed by atoms with Crippen molar-refractivity contribution in [3.05, 3.63) is 35.5 Å². The third kappa shape index (κ3) is 2.95. The lowest BCUT2D eigenvalue weighted by Gasteiger charge is -1.93. The Labute approximate surface area is 68.7 Å². The summed E-state index contributed by atoms with van der Waals surface area (Å²) in [6, 6.07) is 8.24. The first-order valence-electron chi connectivity index (χ1n) is 2.98. The highest BCUT2D eigenvalue weighted by Gasteiger charge is 1.98. The monoisotopic (exact) mass is 171 g/mol. The zero-order valence-corrected chi connectivity index (χ0v) is 6.16. The second-order valence-electron chi connectivity index (χ2n) is 1.70. The molecule has 1 aromatic carbocycles. The van der Waals surface area contributed by atoms with E-state index >= 15 is 0 Å². The van der Waals surface area contributed by atoms with Crippen LogP contribution in [0.25, 0.3) is 0 Å². The van der Waals surface area contributed by atoms with Gasteiger partial charge >= 0.3 is 0 Å². The topological polar surface area (TPSA) is 105 Å². The van der Waals surface area contributed by atoms with Gasteiger partial charge in [-0.2, -0.15) is 0 Å². The van der Waals surface area contributed by atoms with Crippen LogP contribution >= 0.6 is 0 Å². The number of hydrogen-bond donors (Lipinski definition) is 3. The molecule has 6 heteroatoms. The van der Waals surface area contributed by atoms with Crippen molar-refractivity contribution in [3.63, 3.8) is 0 Å². The summed E-state index contributed by atoms with van der Waals surface area (Å²) in [4.78, 5) is 0.139. The molecule has 0 saturated heterocycles. The van der Waals surface area contributed by atoms with Crippen LogP contribution in [-0.2, 0) is 0 Å². The molecular formula is C6H9N3O3. The molecule has 4 N–H and O–H groups in total. The first-order valence-corrected chi connectivity index (χ1v) is 2.98. The maximum atomic E-state index is 10.5. The molecule has 12 heavy (non-hydrogen) atoms. The first-order chi connectivity index (χ1) is 5.84. The van der Waals surface area contributed by atoms with E-state index < -0.39 is 0 Å². The number of benzene rings is 1. The molecule has 1 aromatic rings. The zero-order valence-electron chi connectivity index (χ0n) is 6.16. The van der Waals surface area contributed by atoms with Crippen molar-refractivity contribution >= 4 is 5.69 Å². The Balaban J connectivity index is 0.000000561. The van der Waals surface area contributed by atoms with Gasteiger partial charge in [-0.3, -0.25) is 0 Å². The Morgan fingerprint density at radius 1 is 1.25 bits per heavy atom. The molecule has 6 nitrogen and oxygen atoms in total. The molecule has 0 aromatic heterocycles. The molecule has 0 radical (unpaired) electrons. The number of rotatable bonds is 1. The summed E-state index contributed by atoms with van der Waals surface area (Å²) >= 11 is 0. The molecule has 0 spiro atoms. The molecule has 0 aliphatic heterocycles. The predicted molar refractivity (Wildman–Crippen MR) is 39.9 cm³/mol. The van der Waals surface area contributed by atoms with Gasteiger partial charge in [0.05, 0.1) is 0 Å². The van der Waals surface area contributed by atoms with E-state index in [0.29, 0.717) is 5.69 Å². The lowest BCUT2D eigenvalue weighted by Crippen LogP contribution is -1.88. The minimum Gasteiger partial charge on any atom is -0.592 e. The maximum Gasteiger partial charge on any atom is 0.248 e. The summed E-state index contributed by atoms with van der Waals surface area (Å²) < 4.78 is 0. The Hall–Kier alpha value is -1.66. The lowest BCUT2D eigenvalue weighted by atomic mass is 10.3. The normalized spacial score (nSPS) is 10.0. The van der Waals surface area contributed by atoms with E-state index in [1.807, 2.05) is 0 Å². The minimum absolute atomic E-state index is 0.139. The standard InChI is InChI=1S/C6H6N2O2.H3NO/c9-7-8(10)6-4-2-1-3-5-6;1-2/h1-5,9H;2H,1H2. The second kappa shape index (κ2) is 6.08. The molecule has 0 aliphatic rings. The number of hydrogen-bond acceptors (Lipinski definition) is 4. The van der Waals surface area contributed by atoms with E-state index in [2.05, 4.69) is 11.2 Å². The van der Waals surface area contributed by atoms with Gasteiger partial charge in [-0.05, 0) is 4.86 Å². The molecule has 0 aliphatic carbocycles. The second-order valence-corrected chi connectivity index (χ2v) is 1.70. The van der Waals surface area contributed by atoms with Crippen LogP contribution in [0.3, 0.4) is 0 Å². The van der Waals surface area contributed by atoms with Crippen molar-refractivity contribution in [1.29, 1.82) is 0 Å². The van der Waals surface area contributed by atoms with Gasteiger partial charge in [0, 0.05) is 12.1 Å². The fraction of sp³-hybridized carbons (Fsp3) is 0. The summed E-state index contributed by atoms with van der Waals surface area (Å²) in [6.45, 7) is 0. The molecule has 0 fully saturated rings. The lowest BCUT2D eigenvalue weighted by molar-refractivity contribution is -0.473. The van der Waals surface area contributed by atoms with Crippen molar-refractivity contribution in [2.45, 2.75) is 0 Å². The predicted octanol–water partition coefficient (Wildman–Crippen LogP) is 1.00. The summed E-state index contributed by atoms with van der Waals surface area (Å²) in [7, 11) is 0. The van der Waals surface area contributed by atoms with Crippen molar-refractivity contribution in [1.82, 2.24) is 0 Å². The smallest absolute Gasteiger partial charge is 0.248 e. The third-order valence-corrected chi connectivity index (χ3v) is 1.06. The first kappa shape index (κ1) is 10.3. The van der Waals surface area contributed by atoms with Crippen molar-refractivity contribution in [3.8, 4) is 0 Å². The number of para-hydroxylation sites is 1. The third-order valence-electron chi connectivity index (χ3n) is 1.06. The molecule has 0 unspecified atom stereocenters. The average molecular weight is 171 g/mol. The molecule has 0 bridgehead atoms. The van der Waals surface area contributed by atoms with Gasteiger partial charge in [-0.1, -0.05) is 18.2 Å². The van der Waals surface area contributed by atoms with Crippen LogP contribution in [-0.4, -0.2) is 15.3 Å². The van der Waals surface area contributed by atoms with Crippen LogP contribution in [0.15, 0.2) is 35.6 Å². The van der Waals surface area contributed by atoms with Crippen molar-refractivity contribution in [2.24, 2.45) is 11.2 Å². The van der Waals surface area contributed by atoms with Gasteiger partial charge in [0.2, 0.25) is 11.0 Å². The van der Waals surface area contributed by atoms with E-state index in [-0.39, 0.29) is 4.86 Å². The molecule has 0 atom stereocenters. The summed E-state index contributed by atoms with van der Waals surface area (Å²) in [5.41, 5.74) is 0.310. The molecule has 0 amide bonds. The summed E-state index contributed by atoms with van der Waals surface area (Å²) in [5, 5.41) is 27.5. The highest BCUT2D eigenvalue weighted by atomic mass is 16.6. The molecule has 66 valence electrons. The van der Waals surface area contributed by atoms with Crippen LogP contribution in [0.4, 0.5) is 5.69 Å². The van der Waals surface area contributed by atoms with E-state index in [0.717, 1.165) is 0 Å². The fourth-order valence-corrected chi connectivity index (χ4v) is 0.607. The SMILES string of the molecule is NO.[O-][N+](=NO)c1ccccc1.